The standard InChI is InChI=1S/C12H27N3O2S/c1-3-4-5-8-14-18(16,17)15-9-6-12(7-10-15)11-13-2/h12-14H,3-11H2,1-2H3. The summed E-state index contributed by atoms with van der Waals surface area (Å²) in [5, 5.41) is 3.16. The van der Waals surface area contributed by atoms with E-state index in [2.05, 4.69) is 17.0 Å². The van der Waals surface area contributed by atoms with Gasteiger partial charge in [0.1, 0.15) is 0 Å². The summed E-state index contributed by atoms with van der Waals surface area (Å²) in [6.07, 6.45) is 5.02. The SMILES string of the molecule is CCCCCNS(=O)(=O)N1CCC(CNC)CC1. The van der Waals surface area contributed by atoms with E-state index in [1.54, 1.807) is 4.31 Å². The van der Waals surface area contributed by atoms with Crippen LogP contribution >= 0.6 is 0 Å². The summed E-state index contributed by atoms with van der Waals surface area (Å²) in [6, 6.07) is 0. The number of rotatable bonds is 8. The number of nitrogens with one attached hydrogen (secondary N) is 2. The van der Waals surface area contributed by atoms with Crippen molar-refractivity contribution in [1.29, 1.82) is 0 Å². The Morgan fingerprint density at radius 2 is 1.89 bits per heavy atom. The molecule has 1 fully saturated rings. The van der Waals surface area contributed by atoms with Crippen molar-refractivity contribution < 1.29 is 8.42 Å². The van der Waals surface area contributed by atoms with Gasteiger partial charge in [-0.3, -0.25) is 0 Å². The molecule has 0 aromatic rings. The Morgan fingerprint density at radius 3 is 2.44 bits per heavy atom. The zero-order chi connectivity index (χ0) is 13.4. The van der Waals surface area contributed by atoms with Gasteiger partial charge in [0, 0.05) is 19.6 Å². The molecule has 0 radical (unpaired) electrons. The molecule has 0 unspecified atom stereocenters. The Bertz CT molecular complexity index is 311. The first-order chi connectivity index (χ1) is 8.60. The van der Waals surface area contributed by atoms with Crippen LogP contribution in [-0.4, -0.2) is 45.9 Å². The minimum atomic E-state index is -3.24. The summed E-state index contributed by atoms with van der Waals surface area (Å²) in [7, 11) is -1.30. The Morgan fingerprint density at radius 1 is 1.22 bits per heavy atom. The van der Waals surface area contributed by atoms with Crippen molar-refractivity contribution >= 4 is 10.2 Å². The predicted molar refractivity (Wildman–Crippen MR) is 74.7 cm³/mol. The highest BCUT2D eigenvalue weighted by molar-refractivity contribution is 7.87. The third-order valence-electron chi connectivity index (χ3n) is 3.47. The maximum Gasteiger partial charge on any atom is 0.279 e. The summed E-state index contributed by atoms with van der Waals surface area (Å²) in [5.41, 5.74) is 0. The number of hydrogen-bond acceptors (Lipinski definition) is 3. The molecule has 1 heterocycles. The molecule has 1 saturated heterocycles. The Hall–Kier alpha value is -0.170. The van der Waals surface area contributed by atoms with Crippen LogP contribution in [0.3, 0.4) is 0 Å². The van der Waals surface area contributed by atoms with Gasteiger partial charge in [0.15, 0.2) is 0 Å². The molecule has 5 nitrogen and oxygen atoms in total. The van der Waals surface area contributed by atoms with Gasteiger partial charge in [-0.25, -0.2) is 4.72 Å². The highest BCUT2D eigenvalue weighted by atomic mass is 32.2. The molecular weight excluding hydrogens is 250 g/mol. The van der Waals surface area contributed by atoms with Crippen LogP contribution in [-0.2, 0) is 10.2 Å². The van der Waals surface area contributed by atoms with Gasteiger partial charge >= 0.3 is 0 Å². The first-order valence-electron chi connectivity index (χ1n) is 6.99. The van der Waals surface area contributed by atoms with Crippen LogP contribution in [0.1, 0.15) is 39.0 Å². The molecule has 0 bridgehead atoms. The molecule has 0 atom stereocenters. The average Bonchev–Trinajstić information content (AvgIpc) is 2.36. The Kier molecular flexibility index (Phi) is 7.14. The van der Waals surface area contributed by atoms with Gasteiger partial charge in [0.05, 0.1) is 0 Å². The first kappa shape index (κ1) is 15.9. The van der Waals surface area contributed by atoms with Crippen molar-refractivity contribution in [3.05, 3.63) is 0 Å². The van der Waals surface area contributed by atoms with Crippen LogP contribution in [0.15, 0.2) is 0 Å². The van der Waals surface area contributed by atoms with Crippen LogP contribution in [0.4, 0.5) is 0 Å². The van der Waals surface area contributed by atoms with E-state index in [4.69, 9.17) is 0 Å². The topological polar surface area (TPSA) is 61.4 Å². The number of hydrogen-bond donors (Lipinski definition) is 2. The number of unbranched alkanes of at least 4 members (excludes halogenated alkanes) is 2. The van der Waals surface area contributed by atoms with E-state index in [9.17, 15) is 8.42 Å². The van der Waals surface area contributed by atoms with Gasteiger partial charge in [0.2, 0.25) is 0 Å². The van der Waals surface area contributed by atoms with Crippen molar-refractivity contribution in [2.45, 2.75) is 39.0 Å². The summed E-state index contributed by atoms with van der Waals surface area (Å²) >= 11 is 0. The maximum absolute atomic E-state index is 12.0. The maximum atomic E-state index is 12.0. The van der Waals surface area contributed by atoms with Crippen molar-refractivity contribution in [2.75, 3.05) is 33.2 Å². The highest BCUT2D eigenvalue weighted by Crippen LogP contribution is 2.18. The zero-order valence-corrected chi connectivity index (χ0v) is 12.4. The smallest absolute Gasteiger partial charge is 0.279 e. The van der Waals surface area contributed by atoms with E-state index >= 15 is 0 Å². The van der Waals surface area contributed by atoms with Crippen LogP contribution in [0.2, 0.25) is 0 Å². The molecule has 1 aliphatic heterocycles. The van der Waals surface area contributed by atoms with E-state index in [1.807, 2.05) is 7.05 Å². The fourth-order valence-electron chi connectivity index (χ4n) is 2.31. The third-order valence-corrected chi connectivity index (χ3v) is 5.08. The van der Waals surface area contributed by atoms with Crippen molar-refractivity contribution in [2.24, 2.45) is 5.92 Å². The molecule has 0 amide bonds. The first-order valence-corrected chi connectivity index (χ1v) is 8.43. The lowest BCUT2D eigenvalue weighted by Crippen LogP contribution is -2.46. The molecule has 108 valence electrons. The molecule has 18 heavy (non-hydrogen) atoms. The van der Waals surface area contributed by atoms with Crippen LogP contribution in [0.25, 0.3) is 0 Å². The second-order valence-corrected chi connectivity index (χ2v) is 6.76. The van der Waals surface area contributed by atoms with E-state index in [1.165, 1.54) is 0 Å². The fraction of sp³-hybridized carbons (Fsp3) is 1.00. The van der Waals surface area contributed by atoms with Gasteiger partial charge in [-0.2, -0.15) is 12.7 Å². The largest absolute Gasteiger partial charge is 0.319 e. The molecule has 1 rings (SSSR count). The molecule has 0 aromatic carbocycles. The molecule has 6 heteroatoms. The summed E-state index contributed by atoms with van der Waals surface area (Å²) in [4.78, 5) is 0. The molecule has 0 saturated carbocycles. The fourth-order valence-corrected chi connectivity index (χ4v) is 3.59. The Labute approximate surface area is 112 Å². The van der Waals surface area contributed by atoms with Crippen molar-refractivity contribution in [3.8, 4) is 0 Å². The predicted octanol–water partition coefficient (Wildman–Crippen LogP) is 0.942. The molecule has 0 aromatic heterocycles. The summed E-state index contributed by atoms with van der Waals surface area (Å²) < 4.78 is 28.3. The van der Waals surface area contributed by atoms with E-state index in [0.717, 1.165) is 38.6 Å². The molecule has 0 spiro atoms. The molecule has 2 N–H and O–H groups in total. The quantitative estimate of drug-likeness (QED) is 0.649. The molecule has 1 aliphatic rings. The van der Waals surface area contributed by atoms with Gasteiger partial charge in [-0.15, -0.1) is 0 Å². The minimum Gasteiger partial charge on any atom is -0.319 e. The van der Waals surface area contributed by atoms with E-state index < -0.39 is 10.2 Å². The van der Waals surface area contributed by atoms with Crippen LogP contribution in [0, 0.1) is 5.92 Å². The Balaban J connectivity index is 2.31. The van der Waals surface area contributed by atoms with Crippen LogP contribution in [0.5, 0.6) is 0 Å². The van der Waals surface area contributed by atoms with E-state index in [0.29, 0.717) is 25.6 Å². The summed E-state index contributed by atoms with van der Waals surface area (Å²) in [5.74, 6) is 0.613. The number of nitrogens with zero attached hydrogens (tertiary/aromatic N) is 1. The average molecular weight is 277 g/mol. The zero-order valence-electron chi connectivity index (χ0n) is 11.6. The normalized spacial score (nSPS) is 19.2. The second-order valence-electron chi connectivity index (χ2n) is 5.01. The number of piperidine rings is 1. The van der Waals surface area contributed by atoms with E-state index in [-0.39, 0.29) is 0 Å². The van der Waals surface area contributed by atoms with Crippen LogP contribution < -0.4 is 10.0 Å². The van der Waals surface area contributed by atoms with Gasteiger partial charge in [-0.05, 0) is 38.8 Å². The minimum absolute atomic E-state index is 0.562. The van der Waals surface area contributed by atoms with Crippen molar-refractivity contribution in [1.82, 2.24) is 14.3 Å². The second kappa shape index (κ2) is 8.09. The monoisotopic (exact) mass is 277 g/mol. The lowest BCUT2D eigenvalue weighted by molar-refractivity contribution is 0.268. The summed E-state index contributed by atoms with van der Waals surface area (Å²) in [6.45, 7) is 4.95. The molecular formula is C12H27N3O2S. The highest BCUT2D eigenvalue weighted by Gasteiger charge is 2.26. The lowest BCUT2D eigenvalue weighted by Gasteiger charge is -2.31. The van der Waals surface area contributed by atoms with Crippen molar-refractivity contribution in [3.63, 3.8) is 0 Å². The lowest BCUT2D eigenvalue weighted by atomic mass is 9.98. The van der Waals surface area contributed by atoms with Gasteiger partial charge in [0.25, 0.3) is 10.2 Å². The molecule has 0 aliphatic carbocycles. The van der Waals surface area contributed by atoms with Gasteiger partial charge < -0.3 is 5.32 Å². The third kappa shape index (κ3) is 5.22. The van der Waals surface area contributed by atoms with Gasteiger partial charge in [-0.1, -0.05) is 19.8 Å².